The quantitative estimate of drug-likeness (QED) is 0.938. The first-order valence-electron chi connectivity index (χ1n) is 9.04. The van der Waals surface area contributed by atoms with Gasteiger partial charge in [-0.25, -0.2) is 4.98 Å². The van der Waals surface area contributed by atoms with Gasteiger partial charge in [-0.2, -0.15) is 0 Å². The summed E-state index contributed by atoms with van der Waals surface area (Å²) in [4.78, 5) is 9.43. The second kappa shape index (κ2) is 6.81. The van der Waals surface area contributed by atoms with Gasteiger partial charge < -0.3 is 10.2 Å². The molecule has 1 saturated heterocycles. The zero-order valence-electron chi connectivity index (χ0n) is 14.4. The number of nitrogens with one attached hydrogen (secondary N) is 1. The predicted octanol–water partition coefficient (Wildman–Crippen LogP) is 2.80. The number of nitrogens with zero attached hydrogens (tertiary/aromatic N) is 3. The van der Waals surface area contributed by atoms with Gasteiger partial charge in [-0.1, -0.05) is 18.2 Å². The summed E-state index contributed by atoms with van der Waals surface area (Å²) in [5, 5.41) is 3.53. The molecule has 0 radical (unpaired) electrons. The van der Waals surface area contributed by atoms with E-state index in [-0.39, 0.29) is 0 Å². The molecule has 0 spiro atoms. The topological polar surface area (TPSA) is 31.4 Å². The average molecular weight is 322 g/mol. The van der Waals surface area contributed by atoms with Crippen LogP contribution in [0.2, 0.25) is 0 Å². The highest BCUT2D eigenvalue weighted by Gasteiger charge is 2.19. The van der Waals surface area contributed by atoms with Crippen LogP contribution < -0.4 is 10.2 Å². The Balaban J connectivity index is 1.28. The molecular formula is C20H26N4. The lowest BCUT2D eigenvalue weighted by Gasteiger charge is -2.35. The third-order valence-corrected chi connectivity index (χ3v) is 5.16. The summed E-state index contributed by atoms with van der Waals surface area (Å²) >= 11 is 0. The Bertz CT molecular complexity index is 677. The first-order chi connectivity index (χ1) is 11.8. The van der Waals surface area contributed by atoms with Crippen molar-refractivity contribution in [1.82, 2.24) is 9.88 Å². The van der Waals surface area contributed by atoms with E-state index in [1.54, 1.807) is 0 Å². The molecule has 4 rings (SSSR count). The second-order valence-electron chi connectivity index (χ2n) is 7.01. The fourth-order valence-electron chi connectivity index (χ4n) is 3.79. The van der Waals surface area contributed by atoms with Crippen molar-refractivity contribution in [3.05, 3.63) is 53.7 Å². The Kier molecular flexibility index (Phi) is 4.39. The lowest BCUT2D eigenvalue weighted by atomic mass is 10.0. The van der Waals surface area contributed by atoms with Crippen molar-refractivity contribution in [3.63, 3.8) is 0 Å². The third-order valence-electron chi connectivity index (χ3n) is 5.16. The van der Waals surface area contributed by atoms with E-state index in [0.717, 1.165) is 51.4 Å². The minimum atomic E-state index is 0.579. The number of aromatic nitrogens is 1. The molecule has 126 valence electrons. The predicted molar refractivity (Wildman–Crippen MR) is 99.8 cm³/mol. The number of hydrogen-bond acceptors (Lipinski definition) is 4. The number of anilines is 2. The Hall–Kier alpha value is -2.07. The molecule has 4 heteroatoms. The molecule has 1 N–H and O–H groups in total. The van der Waals surface area contributed by atoms with Crippen molar-refractivity contribution in [2.24, 2.45) is 0 Å². The summed E-state index contributed by atoms with van der Waals surface area (Å²) in [5.41, 5.74) is 4.28. The average Bonchev–Trinajstić information content (AvgIpc) is 3.00. The lowest BCUT2D eigenvalue weighted by molar-refractivity contribution is 0.260. The largest absolute Gasteiger partial charge is 0.382 e. The Morgan fingerprint density at radius 1 is 1.12 bits per heavy atom. The van der Waals surface area contributed by atoms with E-state index in [1.165, 1.54) is 16.8 Å². The van der Waals surface area contributed by atoms with Gasteiger partial charge in [-0.3, -0.25) is 4.90 Å². The molecule has 1 fully saturated rings. The summed E-state index contributed by atoms with van der Waals surface area (Å²) < 4.78 is 0. The van der Waals surface area contributed by atoms with Crippen LogP contribution in [0.25, 0.3) is 0 Å². The molecule has 0 aliphatic carbocycles. The standard InChI is InChI=1S/C20H26N4/c1-16-14-18-15-17(5-6-19(18)22-16)7-9-23-10-12-24(13-11-23)20-4-2-3-8-21-20/h2-6,8,15-16,22H,7,9-14H2,1H3. The van der Waals surface area contributed by atoms with Crippen molar-refractivity contribution in [2.75, 3.05) is 42.9 Å². The molecule has 2 aliphatic heterocycles. The Morgan fingerprint density at radius 2 is 2.00 bits per heavy atom. The van der Waals surface area contributed by atoms with Crippen molar-refractivity contribution in [1.29, 1.82) is 0 Å². The number of rotatable bonds is 4. The maximum absolute atomic E-state index is 4.46. The monoisotopic (exact) mass is 322 g/mol. The van der Waals surface area contributed by atoms with Gasteiger partial charge in [0.25, 0.3) is 0 Å². The number of piperazine rings is 1. The first-order valence-corrected chi connectivity index (χ1v) is 9.04. The molecule has 2 aromatic rings. The lowest BCUT2D eigenvalue weighted by Crippen LogP contribution is -2.47. The number of benzene rings is 1. The van der Waals surface area contributed by atoms with Gasteiger partial charge >= 0.3 is 0 Å². The van der Waals surface area contributed by atoms with E-state index in [9.17, 15) is 0 Å². The van der Waals surface area contributed by atoms with Crippen LogP contribution in [-0.2, 0) is 12.8 Å². The minimum absolute atomic E-state index is 0.579. The van der Waals surface area contributed by atoms with Crippen molar-refractivity contribution < 1.29 is 0 Å². The van der Waals surface area contributed by atoms with E-state index in [4.69, 9.17) is 0 Å². The zero-order chi connectivity index (χ0) is 16.4. The molecule has 1 atom stereocenters. The van der Waals surface area contributed by atoms with Crippen LogP contribution in [0.15, 0.2) is 42.6 Å². The van der Waals surface area contributed by atoms with Crippen molar-refractivity contribution in [2.45, 2.75) is 25.8 Å². The minimum Gasteiger partial charge on any atom is -0.382 e. The number of pyridine rings is 1. The van der Waals surface area contributed by atoms with Gasteiger partial charge in [-0.05, 0) is 49.1 Å². The van der Waals surface area contributed by atoms with Gasteiger partial charge in [-0.15, -0.1) is 0 Å². The normalized spacial score (nSPS) is 20.7. The molecule has 0 bridgehead atoms. The van der Waals surface area contributed by atoms with Crippen LogP contribution in [0.1, 0.15) is 18.1 Å². The molecule has 0 saturated carbocycles. The highest BCUT2D eigenvalue weighted by molar-refractivity contribution is 5.57. The SMILES string of the molecule is CC1Cc2cc(CCN3CCN(c4ccccn4)CC3)ccc2N1. The molecular weight excluding hydrogens is 296 g/mol. The molecule has 4 nitrogen and oxygen atoms in total. The molecule has 1 unspecified atom stereocenters. The smallest absolute Gasteiger partial charge is 0.128 e. The fraction of sp³-hybridized carbons (Fsp3) is 0.450. The fourth-order valence-corrected chi connectivity index (χ4v) is 3.79. The van der Waals surface area contributed by atoms with Gasteiger partial charge in [0, 0.05) is 50.6 Å². The molecule has 24 heavy (non-hydrogen) atoms. The van der Waals surface area contributed by atoms with E-state index < -0.39 is 0 Å². The molecule has 1 aromatic heterocycles. The highest BCUT2D eigenvalue weighted by atomic mass is 15.3. The Labute approximate surface area is 144 Å². The van der Waals surface area contributed by atoms with Crippen LogP contribution in [-0.4, -0.2) is 48.6 Å². The number of hydrogen-bond donors (Lipinski definition) is 1. The van der Waals surface area contributed by atoms with Crippen molar-refractivity contribution >= 4 is 11.5 Å². The second-order valence-corrected chi connectivity index (χ2v) is 7.01. The first kappa shape index (κ1) is 15.5. The van der Waals surface area contributed by atoms with Gasteiger partial charge in [0.2, 0.25) is 0 Å². The van der Waals surface area contributed by atoms with E-state index >= 15 is 0 Å². The van der Waals surface area contributed by atoms with Gasteiger partial charge in [0.15, 0.2) is 0 Å². The van der Waals surface area contributed by atoms with Crippen LogP contribution in [0.3, 0.4) is 0 Å². The maximum atomic E-state index is 4.46. The van der Waals surface area contributed by atoms with Crippen LogP contribution >= 0.6 is 0 Å². The summed E-state index contributed by atoms with van der Waals surface area (Å²) in [7, 11) is 0. The van der Waals surface area contributed by atoms with Crippen LogP contribution in [0, 0.1) is 0 Å². The van der Waals surface area contributed by atoms with E-state index in [1.807, 2.05) is 12.3 Å². The Morgan fingerprint density at radius 3 is 2.79 bits per heavy atom. The third kappa shape index (κ3) is 3.39. The maximum Gasteiger partial charge on any atom is 0.128 e. The van der Waals surface area contributed by atoms with Crippen LogP contribution in [0.5, 0.6) is 0 Å². The number of fused-ring (bicyclic) bond motifs is 1. The van der Waals surface area contributed by atoms with E-state index in [0.29, 0.717) is 6.04 Å². The summed E-state index contributed by atoms with van der Waals surface area (Å²) in [6.07, 6.45) is 4.18. The van der Waals surface area contributed by atoms with Crippen LogP contribution in [0.4, 0.5) is 11.5 Å². The van der Waals surface area contributed by atoms with Gasteiger partial charge in [0.1, 0.15) is 5.82 Å². The summed E-state index contributed by atoms with van der Waals surface area (Å²) in [6.45, 7) is 7.80. The summed E-state index contributed by atoms with van der Waals surface area (Å²) in [6, 6.07) is 13.7. The van der Waals surface area contributed by atoms with Crippen molar-refractivity contribution in [3.8, 4) is 0 Å². The molecule has 1 aromatic carbocycles. The molecule has 2 aliphatic rings. The summed E-state index contributed by atoms with van der Waals surface area (Å²) in [5.74, 6) is 1.11. The molecule has 3 heterocycles. The van der Waals surface area contributed by atoms with Gasteiger partial charge in [0.05, 0.1) is 0 Å². The zero-order valence-corrected chi connectivity index (χ0v) is 14.4. The molecule has 0 amide bonds. The highest BCUT2D eigenvalue weighted by Crippen LogP contribution is 2.26. The van der Waals surface area contributed by atoms with E-state index in [2.05, 4.69) is 57.4 Å².